The lowest BCUT2D eigenvalue weighted by atomic mass is 10.2. The molecular weight excluding hydrogens is 320 g/mol. The number of carboxylic acid groups (broad SMARTS) is 1. The molecule has 1 aromatic rings. The average Bonchev–Trinajstić information content (AvgIpc) is 3.23. The van der Waals surface area contributed by atoms with Crippen LogP contribution in [0.5, 0.6) is 0 Å². The van der Waals surface area contributed by atoms with Gasteiger partial charge in [-0.05, 0) is 30.5 Å². The van der Waals surface area contributed by atoms with Crippen molar-refractivity contribution in [3.8, 4) is 0 Å². The first-order valence-electron chi connectivity index (χ1n) is 7.48. The highest BCUT2D eigenvalue weighted by atomic mass is 32.2. The lowest BCUT2D eigenvalue weighted by Gasteiger charge is -2.17. The predicted molar refractivity (Wildman–Crippen MR) is 83.3 cm³/mol. The topological polar surface area (TPSA) is 104 Å². The van der Waals surface area contributed by atoms with E-state index in [-0.39, 0.29) is 18.2 Å². The molecule has 1 saturated heterocycles. The molecule has 0 spiro atoms. The molecule has 1 aromatic carbocycles. The normalized spacial score (nSPS) is 25.1. The van der Waals surface area contributed by atoms with Crippen LogP contribution in [0.4, 0.5) is 5.69 Å². The van der Waals surface area contributed by atoms with Crippen LogP contribution in [0.25, 0.3) is 0 Å². The summed E-state index contributed by atoms with van der Waals surface area (Å²) in [4.78, 5) is 22.6. The number of nitrogens with zero attached hydrogens (tertiary/aromatic N) is 1. The minimum absolute atomic E-state index is 0.159. The van der Waals surface area contributed by atoms with E-state index in [1.807, 2.05) is 0 Å². The first-order chi connectivity index (χ1) is 10.9. The number of sulfonamides is 1. The Morgan fingerprint density at radius 1 is 1.30 bits per heavy atom. The molecule has 3 rings (SSSR count). The van der Waals surface area contributed by atoms with Gasteiger partial charge in [-0.3, -0.25) is 13.9 Å². The fraction of sp³-hybridized carbons (Fsp3) is 0.467. The van der Waals surface area contributed by atoms with Gasteiger partial charge >= 0.3 is 5.97 Å². The number of rotatable bonds is 5. The molecule has 0 unspecified atom stereocenters. The van der Waals surface area contributed by atoms with Gasteiger partial charge in [-0.1, -0.05) is 12.1 Å². The lowest BCUT2D eigenvalue weighted by Crippen LogP contribution is -2.27. The van der Waals surface area contributed by atoms with Crippen molar-refractivity contribution in [2.75, 3.05) is 16.6 Å². The Labute approximate surface area is 134 Å². The van der Waals surface area contributed by atoms with Gasteiger partial charge in [0, 0.05) is 13.1 Å². The quantitative estimate of drug-likeness (QED) is 0.816. The third-order valence-electron chi connectivity index (χ3n) is 4.21. The van der Waals surface area contributed by atoms with Gasteiger partial charge in [0.2, 0.25) is 15.9 Å². The molecule has 0 aromatic heterocycles. The third kappa shape index (κ3) is 3.31. The number of amides is 1. The average molecular weight is 338 g/mol. The number of anilines is 1. The second-order valence-electron chi connectivity index (χ2n) is 5.92. The Bertz CT molecular complexity index is 746. The third-order valence-corrected chi connectivity index (χ3v) is 6.08. The summed E-state index contributed by atoms with van der Waals surface area (Å²) in [5.74, 6) is -2.07. The van der Waals surface area contributed by atoms with Crippen LogP contribution in [0.3, 0.4) is 0 Å². The lowest BCUT2D eigenvalue weighted by molar-refractivity contribution is -0.140. The van der Waals surface area contributed by atoms with Gasteiger partial charge in [-0.25, -0.2) is 8.42 Å². The van der Waals surface area contributed by atoms with Crippen LogP contribution in [-0.4, -0.2) is 37.7 Å². The monoisotopic (exact) mass is 338 g/mol. The van der Waals surface area contributed by atoms with E-state index >= 15 is 0 Å². The Morgan fingerprint density at radius 3 is 2.70 bits per heavy atom. The predicted octanol–water partition coefficient (Wildman–Crippen LogP) is 0.563. The maximum Gasteiger partial charge on any atom is 0.307 e. The van der Waals surface area contributed by atoms with Crippen LogP contribution in [0.2, 0.25) is 0 Å². The molecule has 0 radical (unpaired) electrons. The highest BCUT2D eigenvalue weighted by molar-refractivity contribution is 7.93. The van der Waals surface area contributed by atoms with Crippen LogP contribution < -0.4 is 9.62 Å². The first-order valence-corrected chi connectivity index (χ1v) is 9.09. The number of carbonyl (C=O) groups excluding carboxylic acids is 1. The molecule has 2 N–H and O–H groups in total. The highest BCUT2D eigenvalue weighted by Crippen LogP contribution is 2.38. The highest BCUT2D eigenvalue weighted by Gasteiger charge is 2.48. The molecule has 2 aliphatic rings. The molecule has 1 amide bonds. The molecule has 0 bridgehead atoms. The van der Waals surface area contributed by atoms with Crippen LogP contribution in [0.1, 0.15) is 18.4 Å². The fourth-order valence-corrected chi connectivity index (χ4v) is 4.39. The van der Waals surface area contributed by atoms with Crippen LogP contribution in [-0.2, 0) is 26.2 Å². The van der Waals surface area contributed by atoms with Gasteiger partial charge in [0.1, 0.15) is 0 Å². The second kappa shape index (κ2) is 5.84. The summed E-state index contributed by atoms with van der Waals surface area (Å²) < 4.78 is 25.3. The van der Waals surface area contributed by atoms with E-state index in [1.165, 1.54) is 4.31 Å². The van der Waals surface area contributed by atoms with E-state index in [1.54, 1.807) is 24.3 Å². The Morgan fingerprint density at radius 2 is 2.09 bits per heavy atom. The molecule has 2 atom stereocenters. The van der Waals surface area contributed by atoms with Crippen molar-refractivity contribution >= 4 is 27.6 Å². The van der Waals surface area contributed by atoms with Crippen LogP contribution in [0, 0.1) is 11.8 Å². The van der Waals surface area contributed by atoms with Gasteiger partial charge in [0.05, 0.1) is 23.3 Å². The number of hydrogen-bond acceptors (Lipinski definition) is 4. The molecule has 8 heteroatoms. The summed E-state index contributed by atoms with van der Waals surface area (Å²) in [7, 11) is -3.23. The summed E-state index contributed by atoms with van der Waals surface area (Å²) in [6, 6.07) is 7.02. The van der Waals surface area contributed by atoms with Crippen molar-refractivity contribution < 1.29 is 23.1 Å². The van der Waals surface area contributed by atoms with Gasteiger partial charge in [0.25, 0.3) is 0 Å². The number of nitrogens with one attached hydrogen (secondary N) is 1. The number of hydrogen-bond donors (Lipinski definition) is 2. The zero-order valence-corrected chi connectivity index (χ0v) is 13.3. The summed E-state index contributed by atoms with van der Waals surface area (Å²) in [5.41, 5.74) is 1.38. The van der Waals surface area contributed by atoms with Crippen molar-refractivity contribution in [1.29, 1.82) is 0 Å². The van der Waals surface area contributed by atoms with Gasteiger partial charge in [0.15, 0.2) is 0 Å². The van der Waals surface area contributed by atoms with Crippen molar-refractivity contribution in [3.05, 3.63) is 29.8 Å². The van der Waals surface area contributed by atoms with Gasteiger partial charge in [-0.2, -0.15) is 0 Å². The number of benzene rings is 1. The molecule has 7 nitrogen and oxygen atoms in total. The van der Waals surface area contributed by atoms with Crippen molar-refractivity contribution in [2.24, 2.45) is 11.8 Å². The maximum absolute atomic E-state index is 11.9. The van der Waals surface area contributed by atoms with Crippen molar-refractivity contribution in [2.45, 2.75) is 19.4 Å². The zero-order chi connectivity index (χ0) is 16.6. The smallest absolute Gasteiger partial charge is 0.307 e. The SMILES string of the molecule is O=C(O)[C@H]1C[C@@H]1C(=O)NCc1cccc(N2CCCS2(=O)=O)c1. The molecule has 2 fully saturated rings. The van der Waals surface area contributed by atoms with E-state index < -0.39 is 27.8 Å². The molecule has 1 aliphatic heterocycles. The molecule has 1 saturated carbocycles. The van der Waals surface area contributed by atoms with E-state index in [0.29, 0.717) is 25.1 Å². The standard InChI is InChI=1S/C15H18N2O5S/c18-14(12-8-13(12)15(19)20)16-9-10-3-1-4-11(7-10)17-5-2-6-23(17,21)22/h1,3-4,7,12-13H,2,5-6,8-9H2,(H,16,18)(H,19,20)/t12-,13-/m0/s1. The van der Waals surface area contributed by atoms with Crippen molar-refractivity contribution in [1.82, 2.24) is 5.32 Å². The minimum atomic E-state index is -3.23. The molecule has 23 heavy (non-hydrogen) atoms. The van der Waals surface area contributed by atoms with E-state index in [2.05, 4.69) is 5.32 Å². The zero-order valence-electron chi connectivity index (χ0n) is 12.4. The van der Waals surface area contributed by atoms with E-state index in [4.69, 9.17) is 5.11 Å². The summed E-state index contributed by atoms with van der Waals surface area (Å²) in [6.45, 7) is 0.726. The van der Waals surface area contributed by atoms with Crippen LogP contribution in [0.15, 0.2) is 24.3 Å². The summed E-state index contributed by atoms with van der Waals surface area (Å²) >= 11 is 0. The number of aliphatic carboxylic acids is 1. The van der Waals surface area contributed by atoms with E-state index in [0.717, 1.165) is 5.56 Å². The van der Waals surface area contributed by atoms with Gasteiger partial charge in [-0.15, -0.1) is 0 Å². The molecular formula is C15H18N2O5S. The number of carboxylic acids is 1. The Balaban J connectivity index is 1.62. The van der Waals surface area contributed by atoms with Crippen LogP contribution >= 0.6 is 0 Å². The largest absolute Gasteiger partial charge is 0.481 e. The van der Waals surface area contributed by atoms with Gasteiger partial charge < -0.3 is 10.4 Å². The molecule has 1 aliphatic carbocycles. The summed E-state index contributed by atoms with van der Waals surface area (Å²) in [5, 5.41) is 11.5. The fourth-order valence-electron chi connectivity index (χ4n) is 2.83. The Kier molecular flexibility index (Phi) is 4.01. The minimum Gasteiger partial charge on any atom is -0.481 e. The Hall–Kier alpha value is -2.09. The number of carbonyl (C=O) groups is 2. The molecule has 1 heterocycles. The first kappa shape index (κ1) is 15.8. The molecule has 124 valence electrons. The second-order valence-corrected chi connectivity index (χ2v) is 7.93. The van der Waals surface area contributed by atoms with Crippen molar-refractivity contribution in [3.63, 3.8) is 0 Å². The summed E-state index contributed by atoms with van der Waals surface area (Å²) in [6.07, 6.45) is 0.995. The van der Waals surface area contributed by atoms with E-state index in [9.17, 15) is 18.0 Å². The maximum atomic E-state index is 11.9.